The fourth-order valence-electron chi connectivity index (χ4n) is 6.25. The van der Waals surface area contributed by atoms with Gasteiger partial charge < -0.3 is 9.80 Å². The molecule has 7 rings (SSSR count). The van der Waals surface area contributed by atoms with Gasteiger partial charge in [-0.1, -0.05) is 126 Å². The summed E-state index contributed by atoms with van der Waals surface area (Å²) in [5.74, 6) is 0. The number of hydrogen-bond donors (Lipinski definition) is 0. The van der Waals surface area contributed by atoms with E-state index in [-0.39, 0.29) is 0 Å². The normalized spacial score (nSPS) is 10.9. The third kappa shape index (κ3) is 6.32. The number of aryl methyl sites for hydroxylation is 3. The van der Waals surface area contributed by atoms with Crippen LogP contribution in [-0.4, -0.2) is 0 Å². The Hall–Kier alpha value is -5.86. The summed E-state index contributed by atoms with van der Waals surface area (Å²) in [5.41, 5.74) is 15.1. The molecule has 0 bridgehead atoms. The summed E-state index contributed by atoms with van der Waals surface area (Å²) in [5, 5.41) is 0. The lowest BCUT2D eigenvalue weighted by atomic mass is 9.95. The highest BCUT2D eigenvalue weighted by Gasteiger charge is 2.25. The van der Waals surface area contributed by atoms with E-state index in [1.807, 2.05) is 0 Å². The lowest BCUT2D eigenvalue weighted by molar-refractivity contribution is 1.23. The van der Waals surface area contributed by atoms with E-state index in [1.54, 1.807) is 0 Å². The minimum atomic E-state index is 1.10. The van der Waals surface area contributed by atoms with Gasteiger partial charge in [0.05, 0.1) is 11.4 Å². The molecular weight excluding hydrogens is 569 g/mol. The smallest absolute Gasteiger partial charge is 0.0563 e. The lowest BCUT2D eigenvalue weighted by Crippen LogP contribution is -2.16. The van der Waals surface area contributed by atoms with Gasteiger partial charge in [0.1, 0.15) is 0 Å². The van der Waals surface area contributed by atoms with Crippen LogP contribution in [0.3, 0.4) is 0 Å². The second-order valence-corrected chi connectivity index (χ2v) is 12.1. The second-order valence-electron chi connectivity index (χ2n) is 12.1. The summed E-state index contributed by atoms with van der Waals surface area (Å²) in [6.45, 7) is 6.46. The molecule has 0 aromatic heterocycles. The number of rotatable bonds is 8. The van der Waals surface area contributed by atoms with E-state index in [9.17, 15) is 0 Å². The van der Waals surface area contributed by atoms with Gasteiger partial charge in [-0.25, -0.2) is 0 Å². The van der Waals surface area contributed by atoms with Crippen molar-refractivity contribution in [1.82, 2.24) is 0 Å². The molecule has 228 valence electrons. The highest BCUT2D eigenvalue weighted by molar-refractivity contribution is 5.99. The predicted molar refractivity (Wildman–Crippen MR) is 201 cm³/mol. The van der Waals surface area contributed by atoms with Crippen LogP contribution in [0.25, 0.3) is 22.3 Å². The molecule has 0 amide bonds. The highest BCUT2D eigenvalue weighted by atomic mass is 15.2. The van der Waals surface area contributed by atoms with E-state index in [0.717, 1.165) is 45.3 Å². The van der Waals surface area contributed by atoms with Crippen LogP contribution >= 0.6 is 0 Å². The molecule has 0 atom stereocenters. The topological polar surface area (TPSA) is 6.48 Å². The van der Waals surface area contributed by atoms with Crippen LogP contribution in [0.5, 0.6) is 0 Å². The van der Waals surface area contributed by atoms with Gasteiger partial charge in [0.2, 0.25) is 0 Å². The summed E-state index contributed by atoms with van der Waals surface area (Å²) in [7, 11) is 0. The van der Waals surface area contributed by atoms with Crippen molar-refractivity contribution < 1.29 is 0 Å². The molecule has 0 heterocycles. The van der Waals surface area contributed by atoms with E-state index in [1.165, 1.54) is 27.8 Å². The number of nitrogens with zero attached hydrogens (tertiary/aromatic N) is 2. The quantitative estimate of drug-likeness (QED) is 0.170. The average molecular weight is 607 g/mol. The summed E-state index contributed by atoms with van der Waals surface area (Å²) < 4.78 is 0. The van der Waals surface area contributed by atoms with Crippen LogP contribution in [0.2, 0.25) is 0 Å². The molecule has 47 heavy (non-hydrogen) atoms. The lowest BCUT2D eigenvalue weighted by Gasteiger charge is -2.33. The summed E-state index contributed by atoms with van der Waals surface area (Å²) in [6, 6.07) is 63.3. The number of benzene rings is 7. The van der Waals surface area contributed by atoms with Gasteiger partial charge in [-0.15, -0.1) is 0 Å². The van der Waals surface area contributed by atoms with Gasteiger partial charge in [0.15, 0.2) is 0 Å². The molecule has 0 spiro atoms. The molecule has 2 heteroatoms. The van der Waals surface area contributed by atoms with E-state index in [4.69, 9.17) is 0 Å². The molecule has 0 saturated carbocycles. The van der Waals surface area contributed by atoms with Crippen molar-refractivity contribution in [3.8, 4) is 22.3 Å². The average Bonchev–Trinajstić information content (AvgIpc) is 3.11. The first kappa shape index (κ1) is 29.8. The Labute approximate surface area is 278 Å². The Kier molecular flexibility index (Phi) is 8.41. The van der Waals surface area contributed by atoms with Crippen LogP contribution in [0.4, 0.5) is 34.1 Å². The first-order valence-electron chi connectivity index (χ1n) is 16.2. The van der Waals surface area contributed by atoms with Gasteiger partial charge in [-0.3, -0.25) is 0 Å². The van der Waals surface area contributed by atoms with Crippen LogP contribution in [-0.2, 0) is 0 Å². The molecule has 2 nitrogen and oxygen atoms in total. The van der Waals surface area contributed by atoms with Gasteiger partial charge in [-0.2, -0.15) is 0 Å². The Morgan fingerprint density at radius 1 is 0.298 bits per heavy atom. The molecule has 7 aromatic rings. The zero-order valence-corrected chi connectivity index (χ0v) is 27.1. The molecule has 0 saturated heterocycles. The van der Waals surface area contributed by atoms with Crippen molar-refractivity contribution in [2.75, 3.05) is 9.80 Å². The molecule has 0 aliphatic rings. The minimum Gasteiger partial charge on any atom is -0.310 e. The number of para-hydroxylation sites is 2. The van der Waals surface area contributed by atoms with E-state index >= 15 is 0 Å². The van der Waals surface area contributed by atoms with E-state index in [0.29, 0.717) is 0 Å². The van der Waals surface area contributed by atoms with Crippen LogP contribution in [0.1, 0.15) is 16.7 Å². The molecule has 0 N–H and O–H groups in total. The van der Waals surface area contributed by atoms with Crippen LogP contribution < -0.4 is 9.80 Å². The van der Waals surface area contributed by atoms with Crippen LogP contribution in [0, 0.1) is 20.8 Å². The maximum atomic E-state index is 2.40. The third-order valence-electron chi connectivity index (χ3n) is 8.62. The third-order valence-corrected chi connectivity index (χ3v) is 8.62. The summed E-state index contributed by atoms with van der Waals surface area (Å²) in [4.78, 5) is 4.79. The first-order valence-corrected chi connectivity index (χ1v) is 16.2. The summed E-state index contributed by atoms with van der Waals surface area (Å²) in [6.07, 6.45) is 0. The maximum Gasteiger partial charge on any atom is 0.0563 e. The zero-order valence-electron chi connectivity index (χ0n) is 27.1. The van der Waals surface area contributed by atoms with Gasteiger partial charge >= 0.3 is 0 Å². The van der Waals surface area contributed by atoms with Crippen molar-refractivity contribution in [1.29, 1.82) is 0 Å². The Morgan fingerprint density at radius 3 is 1.09 bits per heavy atom. The molecule has 0 fully saturated rings. The first-order chi connectivity index (χ1) is 23.0. The minimum absolute atomic E-state index is 1.10. The Balaban J connectivity index is 1.49. The predicted octanol–water partition coefficient (Wildman–Crippen LogP) is 12.9. The molecule has 0 aliphatic heterocycles. The van der Waals surface area contributed by atoms with Crippen molar-refractivity contribution in [2.24, 2.45) is 0 Å². The van der Waals surface area contributed by atoms with Crippen LogP contribution in [0.15, 0.2) is 176 Å². The fraction of sp³-hybridized carbons (Fsp3) is 0.0667. The van der Waals surface area contributed by atoms with Crippen molar-refractivity contribution in [3.05, 3.63) is 193 Å². The largest absolute Gasteiger partial charge is 0.310 e. The number of anilines is 6. The fourth-order valence-corrected chi connectivity index (χ4v) is 6.25. The Morgan fingerprint density at radius 2 is 0.638 bits per heavy atom. The highest BCUT2D eigenvalue weighted by Crippen LogP contribution is 2.49. The number of hydrogen-bond acceptors (Lipinski definition) is 2. The SMILES string of the molecule is Cc1ccc(-c2ccc(N(c3ccccc3)c3cc(C)cc(N(c4ccccc4)c4ccc(C)cc4)c3-c3ccccc3)cc2)cc1. The molecule has 0 radical (unpaired) electrons. The van der Waals surface area contributed by atoms with Gasteiger partial charge in [0.25, 0.3) is 0 Å². The zero-order chi connectivity index (χ0) is 32.2. The second kappa shape index (κ2) is 13.2. The molecule has 7 aromatic carbocycles. The molecule has 0 aliphatic carbocycles. The molecular formula is C45H38N2. The Bertz CT molecular complexity index is 2070. The molecule has 0 unspecified atom stereocenters. The van der Waals surface area contributed by atoms with E-state index in [2.05, 4.69) is 206 Å². The maximum absolute atomic E-state index is 2.40. The van der Waals surface area contributed by atoms with Gasteiger partial charge in [-0.05, 0) is 104 Å². The summed E-state index contributed by atoms with van der Waals surface area (Å²) >= 11 is 0. The van der Waals surface area contributed by atoms with Crippen molar-refractivity contribution >= 4 is 34.1 Å². The monoisotopic (exact) mass is 606 g/mol. The van der Waals surface area contributed by atoms with Crippen molar-refractivity contribution in [3.63, 3.8) is 0 Å². The van der Waals surface area contributed by atoms with Crippen molar-refractivity contribution in [2.45, 2.75) is 20.8 Å². The van der Waals surface area contributed by atoms with Gasteiger partial charge in [0, 0.05) is 28.3 Å². The van der Waals surface area contributed by atoms with E-state index < -0.39 is 0 Å². The standard InChI is InChI=1S/C45H38N2/c1-33-19-23-36(24-20-33)37-25-29-42(30-26-37)47(40-17-11-6-12-18-40)44-32-35(3)31-43(45(44)38-13-7-4-8-14-38)46(39-15-9-5-10-16-39)41-27-21-34(2)22-28-41/h4-32H,1-3H3.